The number of hydrogen-bond donors (Lipinski definition) is 1. The molecule has 178 valence electrons. The van der Waals surface area contributed by atoms with Gasteiger partial charge < -0.3 is 5.11 Å². The van der Waals surface area contributed by atoms with Crippen molar-refractivity contribution in [3.8, 4) is 23.7 Å². The molecule has 0 fully saturated rings. The number of anilines is 2. The maximum absolute atomic E-state index is 13.2. The zero-order valence-electron chi connectivity index (χ0n) is 19.6. The normalized spacial score (nSPS) is 13.6. The Balaban J connectivity index is 1.61. The summed E-state index contributed by atoms with van der Waals surface area (Å²) >= 11 is 0. The average molecular weight is 488 g/mol. The summed E-state index contributed by atoms with van der Waals surface area (Å²) in [4.78, 5) is 66.4. The summed E-state index contributed by atoms with van der Waals surface area (Å²) in [5, 5.41) is 9.71. The lowest BCUT2D eigenvalue weighted by atomic mass is 10.1. The van der Waals surface area contributed by atoms with Crippen molar-refractivity contribution in [2.45, 2.75) is 13.8 Å². The van der Waals surface area contributed by atoms with E-state index >= 15 is 0 Å². The summed E-state index contributed by atoms with van der Waals surface area (Å²) in [6, 6.07) is 12.7. The number of amides is 4. The fraction of sp³-hybridized carbons (Fsp3) is 0.0690. The van der Waals surface area contributed by atoms with Gasteiger partial charge >= 0.3 is 5.97 Å². The molecule has 2 heterocycles. The van der Waals surface area contributed by atoms with Gasteiger partial charge in [0.05, 0.1) is 39.2 Å². The van der Waals surface area contributed by atoms with Crippen molar-refractivity contribution in [1.82, 2.24) is 0 Å². The number of aromatic carboxylic acids is 1. The maximum atomic E-state index is 13.2. The molecule has 5 rings (SSSR count). The fourth-order valence-electron chi connectivity index (χ4n) is 4.37. The van der Waals surface area contributed by atoms with E-state index in [0.29, 0.717) is 11.1 Å². The molecular weight excluding hydrogens is 472 g/mol. The van der Waals surface area contributed by atoms with Crippen LogP contribution in [0.2, 0.25) is 0 Å². The van der Waals surface area contributed by atoms with Crippen LogP contribution in [0.25, 0.3) is 0 Å². The highest BCUT2D eigenvalue weighted by Gasteiger charge is 2.40. The largest absolute Gasteiger partial charge is 0.478 e. The first-order valence-corrected chi connectivity index (χ1v) is 11.0. The van der Waals surface area contributed by atoms with Gasteiger partial charge in [-0.05, 0) is 68.4 Å². The standard InChI is InChI=1S/C29H16N2O6/c1-3-5-16-7-9-21-23(11-16)27(34)30(25(21)32)19-13-18(29(36)37)14-20(15-19)31-26(33)22-10-8-17(6-4-2)12-24(22)28(31)35/h7-15H,1-2H3,(H,36,37). The molecule has 37 heavy (non-hydrogen) atoms. The molecule has 0 aromatic heterocycles. The number of nitrogens with zero attached hydrogens (tertiary/aromatic N) is 2. The molecule has 0 bridgehead atoms. The third-order valence-corrected chi connectivity index (χ3v) is 5.98. The second kappa shape index (κ2) is 8.63. The van der Waals surface area contributed by atoms with Crippen molar-refractivity contribution in [3.63, 3.8) is 0 Å². The SMILES string of the molecule is CC#Cc1ccc2c(c1)C(=O)N(c1cc(C(=O)O)cc(N3C(=O)c4ccc(C#CC)cc4C3=O)c1)C2=O. The van der Waals surface area contributed by atoms with Gasteiger partial charge in [0.25, 0.3) is 23.6 Å². The Hall–Kier alpha value is -5.47. The summed E-state index contributed by atoms with van der Waals surface area (Å²) in [5.41, 5.74) is 1.13. The Labute approximate surface area is 211 Å². The van der Waals surface area contributed by atoms with E-state index < -0.39 is 29.6 Å². The predicted octanol–water partition coefficient (Wildman–Crippen LogP) is 3.73. The molecule has 3 aromatic carbocycles. The molecule has 0 saturated carbocycles. The molecular formula is C29H16N2O6. The zero-order valence-corrected chi connectivity index (χ0v) is 19.6. The number of imide groups is 2. The molecule has 4 amide bonds. The van der Waals surface area contributed by atoms with Gasteiger partial charge in [-0.2, -0.15) is 0 Å². The van der Waals surface area contributed by atoms with E-state index in [1.807, 2.05) is 0 Å². The van der Waals surface area contributed by atoms with Crippen molar-refractivity contribution in [1.29, 1.82) is 0 Å². The monoisotopic (exact) mass is 488 g/mol. The minimum atomic E-state index is -1.36. The molecule has 2 aliphatic rings. The van der Waals surface area contributed by atoms with Crippen molar-refractivity contribution in [2.24, 2.45) is 0 Å². The van der Waals surface area contributed by atoms with Crippen LogP contribution in [0, 0.1) is 23.7 Å². The number of hydrogen-bond acceptors (Lipinski definition) is 5. The molecule has 0 atom stereocenters. The molecule has 2 aliphatic heterocycles. The van der Waals surface area contributed by atoms with E-state index in [1.54, 1.807) is 26.0 Å². The lowest BCUT2D eigenvalue weighted by molar-refractivity contribution is 0.0694. The van der Waals surface area contributed by atoms with Gasteiger partial charge in [-0.25, -0.2) is 14.6 Å². The predicted molar refractivity (Wildman–Crippen MR) is 134 cm³/mol. The molecule has 0 radical (unpaired) electrons. The fourth-order valence-corrected chi connectivity index (χ4v) is 4.37. The van der Waals surface area contributed by atoms with Crippen LogP contribution in [-0.2, 0) is 0 Å². The Morgan fingerprint density at radius 1 is 0.622 bits per heavy atom. The van der Waals surface area contributed by atoms with E-state index in [-0.39, 0.29) is 39.2 Å². The Morgan fingerprint density at radius 2 is 1.03 bits per heavy atom. The highest BCUT2D eigenvalue weighted by molar-refractivity contribution is 6.36. The lowest BCUT2D eigenvalue weighted by Gasteiger charge is -2.20. The van der Waals surface area contributed by atoms with Crippen LogP contribution in [0.4, 0.5) is 11.4 Å². The summed E-state index contributed by atoms with van der Waals surface area (Å²) < 4.78 is 0. The topological polar surface area (TPSA) is 112 Å². The van der Waals surface area contributed by atoms with Crippen LogP contribution in [0.5, 0.6) is 0 Å². The summed E-state index contributed by atoms with van der Waals surface area (Å²) in [7, 11) is 0. The molecule has 8 nitrogen and oxygen atoms in total. The molecule has 0 saturated heterocycles. The van der Waals surface area contributed by atoms with E-state index in [2.05, 4.69) is 23.7 Å². The van der Waals surface area contributed by atoms with E-state index in [4.69, 9.17) is 0 Å². The number of carboxylic acids is 1. The highest BCUT2D eigenvalue weighted by Crippen LogP contribution is 2.35. The van der Waals surface area contributed by atoms with Gasteiger partial charge in [0.2, 0.25) is 0 Å². The van der Waals surface area contributed by atoms with Gasteiger partial charge in [-0.1, -0.05) is 11.8 Å². The first-order chi connectivity index (χ1) is 17.7. The summed E-state index contributed by atoms with van der Waals surface area (Å²) in [6.07, 6.45) is 0. The first kappa shape index (κ1) is 23.3. The van der Waals surface area contributed by atoms with E-state index in [1.165, 1.54) is 30.3 Å². The molecule has 8 heteroatoms. The van der Waals surface area contributed by atoms with Crippen LogP contribution in [0.15, 0.2) is 54.6 Å². The third kappa shape index (κ3) is 3.65. The van der Waals surface area contributed by atoms with Crippen LogP contribution >= 0.6 is 0 Å². The van der Waals surface area contributed by atoms with Crippen molar-refractivity contribution in [2.75, 3.05) is 9.80 Å². The number of fused-ring (bicyclic) bond motifs is 2. The van der Waals surface area contributed by atoms with Gasteiger partial charge in [0.15, 0.2) is 0 Å². The van der Waals surface area contributed by atoms with Gasteiger partial charge in [-0.15, -0.1) is 11.8 Å². The second-order valence-electron chi connectivity index (χ2n) is 8.21. The molecule has 0 aliphatic carbocycles. The Kier molecular flexibility index (Phi) is 5.43. The summed E-state index contributed by atoms with van der Waals surface area (Å²) in [6.45, 7) is 3.28. The number of carbonyl (C=O) groups is 5. The van der Waals surface area contributed by atoms with Gasteiger partial charge in [0, 0.05) is 11.1 Å². The first-order valence-electron chi connectivity index (χ1n) is 11.0. The molecule has 0 unspecified atom stereocenters. The van der Waals surface area contributed by atoms with Crippen LogP contribution in [0.3, 0.4) is 0 Å². The van der Waals surface area contributed by atoms with E-state index in [0.717, 1.165) is 21.9 Å². The summed E-state index contributed by atoms with van der Waals surface area (Å²) in [5.74, 6) is 7.09. The molecule has 0 spiro atoms. The molecule has 3 aromatic rings. The quantitative estimate of drug-likeness (QED) is 0.444. The minimum Gasteiger partial charge on any atom is -0.478 e. The molecule has 1 N–H and O–H groups in total. The van der Waals surface area contributed by atoms with E-state index in [9.17, 15) is 29.1 Å². The second-order valence-corrected chi connectivity index (χ2v) is 8.21. The van der Waals surface area contributed by atoms with Crippen molar-refractivity contribution >= 4 is 41.0 Å². The van der Waals surface area contributed by atoms with Gasteiger partial charge in [-0.3, -0.25) is 19.2 Å². The van der Waals surface area contributed by atoms with Crippen molar-refractivity contribution in [3.05, 3.63) is 93.5 Å². The Morgan fingerprint density at radius 3 is 1.41 bits per heavy atom. The smallest absolute Gasteiger partial charge is 0.335 e. The highest BCUT2D eigenvalue weighted by atomic mass is 16.4. The minimum absolute atomic E-state index is 0.0849. The zero-order chi connectivity index (χ0) is 26.4. The Bertz CT molecular complexity index is 1610. The number of carbonyl (C=O) groups excluding carboxylic acids is 4. The average Bonchev–Trinajstić information content (AvgIpc) is 3.27. The third-order valence-electron chi connectivity index (χ3n) is 5.98. The van der Waals surface area contributed by atoms with Crippen LogP contribution in [-0.4, -0.2) is 34.7 Å². The number of benzene rings is 3. The number of rotatable bonds is 3. The number of carboxylic acid groups (broad SMARTS) is 1. The van der Waals surface area contributed by atoms with Crippen LogP contribution < -0.4 is 9.80 Å². The van der Waals surface area contributed by atoms with Crippen LogP contribution in [0.1, 0.15) is 76.8 Å². The van der Waals surface area contributed by atoms with Crippen molar-refractivity contribution < 1.29 is 29.1 Å². The van der Waals surface area contributed by atoms with Gasteiger partial charge in [0.1, 0.15) is 0 Å². The maximum Gasteiger partial charge on any atom is 0.335 e. The lowest BCUT2D eigenvalue weighted by Crippen LogP contribution is -2.32.